The quantitative estimate of drug-likeness (QED) is 0.142. The fraction of sp³-hybridized carbons (Fsp3) is 0.164. The van der Waals surface area contributed by atoms with Gasteiger partial charge in [-0.1, -0.05) is 186 Å². The van der Waals surface area contributed by atoms with Crippen LogP contribution in [0.25, 0.3) is 38.7 Å². The molecule has 0 N–H and O–H groups in total. The smallest absolute Gasteiger partial charge is 0.231 e. The SMILES string of the molecule is C.C=Cc1ccccc1.CCC(=O)N(C)c1ccccn1.C[C@H](C(=O)N(C)c1ccccn1)[C@H](C)c1ccccc1.Pc1ccc2ccccc2c1-c1c(P)ccc2ccccc12.[Ar].[Ar].[Ar].[Ar]. The molecule has 2 amide bonds. The van der Waals surface area contributed by atoms with Gasteiger partial charge in [0.25, 0.3) is 0 Å². The molecular formula is C55H60Ar4N4O2P2. The number of rotatable bonds is 8. The summed E-state index contributed by atoms with van der Waals surface area (Å²) >= 11 is 0. The molecule has 0 aliphatic heterocycles. The molecule has 0 saturated heterocycles. The van der Waals surface area contributed by atoms with Gasteiger partial charge in [-0.15, -0.1) is 18.5 Å². The fourth-order valence-electron chi connectivity index (χ4n) is 6.87. The van der Waals surface area contributed by atoms with E-state index < -0.39 is 0 Å². The first kappa shape index (κ1) is 65.7. The van der Waals surface area contributed by atoms with Crippen LogP contribution in [0.3, 0.4) is 0 Å². The van der Waals surface area contributed by atoms with E-state index in [1.807, 2.05) is 105 Å². The Hall–Kier alpha value is -1.28. The first-order valence-electron chi connectivity index (χ1n) is 20.7. The Labute approximate surface area is 524 Å². The van der Waals surface area contributed by atoms with Crippen molar-refractivity contribution in [1.29, 1.82) is 0 Å². The van der Waals surface area contributed by atoms with Crippen molar-refractivity contribution in [2.75, 3.05) is 23.9 Å². The first-order chi connectivity index (χ1) is 30.0. The summed E-state index contributed by atoms with van der Waals surface area (Å²) in [4.78, 5) is 35.2. The summed E-state index contributed by atoms with van der Waals surface area (Å²) < 4.78 is 0. The molecule has 2 aromatic heterocycles. The van der Waals surface area contributed by atoms with Crippen molar-refractivity contribution in [2.45, 2.75) is 40.5 Å². The molecule has 4 atom stereocenters. The molecule has 2 heterocycles. The number of fused-ring (bicyclic) bond motifs is 2. The maximum Gasteiger partial charge on any atom is 0.231 e. The summed E-state index contributed by atoms with van der Waals surface area (Å²) in [7, 11) is 9.30. The van der Waals surface area contributed by atoms with Crippen molar-refractivity contribution >= 4 is 80.2 Å². The summed E-state index contributed by atoms with van der Waals surface area (Å²) in [6.07, 6.45) is 5.71. The Morgan fingerprint density at radius 2 is 0.970 bits per heavy atom. The zero-order chi connectivity index (χ0) is 44.4. The molecule has 8 aromatic rings. The van der Waals surface area contributed by atoms with Crippen molar-refractivity contribution < 1.29 is 161 Å². The summed E-state index contributed by atoms with van der Waals surface area (Å²) in [5.74, 6) is 1.63. The van der Waals surface area contributed by atoms with Gasteiger partial charge < -0.3 is 0 Å². The molecule has 0 bridgehead atoms. The maximum atomic E-state index is 12.5. The molecule has 0 radical (unpaired) electrons. The first-order valence-corrected chi connectivity index (χ1v) is 21.8. The van der Waals surface area contributed by atoms with E-state index in [9.17, 15) is 9.59 Å². The molecule has 0 saturated carbocycles. The molecule has 0 aliphatic rings. The molecule has 0 aliphatic carbocycles. The molecule has 354 valence electrons. The van der Waals surface area contributed by atoms with Gasteiger partial charge in [-0.25, -0.2) is 9.97 Å². The van der Waals surface area contributed by atoms with Gasteiger partial charge in [0, 0.05) is 190 Å². The number of benzene rings is 6. The Bertz CT molecular complexity index is 2600. The number of nitrogens with zero attached hydrogens (tertiary/aromatic N) is 4. The van der Waals surface area contributed by atoms with E-state index >= 15 is 0 Å². The average molecular weight is 1030 g/mol. The third kappa shape index (κ3) is 19.3. The minimum atomic E-state index is -0.0931. The van der Waals surface area contributed by atoms with E-state index in [-0.39, 0.29) is 182 Å². The summed E-state index contributed by atoms with van der Waals surface area (Å²) in [5, 5.41) is 7.63. The van der Waals surface area contributed by atoms with E-state index in [4.69, 9.17) is 0 Å². The summed E-state index contributed by atoms with van der Waals surface area (Å²) in [5.41, 5.74) is 4.98. The van der Waals surface area contributed by atoms with Crippen LogP contribution in [0, 0.1) is 157 Å². The van der Waals surface area contributed by atoms with Crippen molar-refractivity contribution in [3.63, 3.8) is 0 Å². The number of carbonyl (C=O) groups excluding carboxylic acids is 2. The monoisotopic (exact) mass is 1030 g/mol. The van der Waals surface area contributed by atoms with Crippen LogP contribution in [-0.4, -0.2) is 35.9 Å². The van der Waals surface area contributed by atoms with Gasteiger partial charge in [-0.3, -0.25) is 19.4 Å². The van der Waals surface area contributed by atoms with Crippen LogP contribution in [0.1, 0.15) is 51.7 Å². The molecule has 2 unspecified atom stereocenters. The molecule has 0 spiro atoms. The number of pyridine rings is 2. The predicted octanol–water partition coefficient (Wildman–Crippen LogP) is 12.6. The van der Waals surface area contributed by atoms with Gasteiger partial charge in [0.2, 0.25) is 11.8 Å². The van der Waals surface area contributed by atoms with Crippen molar-refractivity contribution in [3.8, 4) is 11.1 Å². The molecule has 8 rings (SSSR count). The van der Waals surface area contributed by atoms with Crippen LogP contribution >= 0.6 is 18.5 Å². The zero-order valence-electron chi connectivity index (χ0n) is 37.6. The molecule has 12 heteroatoms. The average Bonchev–Trinajstić information content (AvgIpc) is 3.34. The number of hydrogen-bond donors (Lipinski definition) is 0. The van der Waals surface area contributed by atoms with E-state index in [1.165, 1.54) is 54.4 Å². The summed E-state index contributed by atoms with van der Waals surface area (Å²) in [6.45, 7) is 9.53. The zero-order valence-corrected chi connectivity index (χ0v) is 42.8. The second-order valence-electron chi connectivity index (χ2n) is 14.7. The predicted molar refractivity (Wildman–Crippen MR) is 278 cm³/mol. The van der Waals surface area contributed by atoms with Crippen LogP contribution in [0.5, 0.6) is 0 Å². The van der Waals surface area contributed by atoms with Crippen LogP contribution in [0.15, 0.2) is 189 Å². The van der Waals surface area contributed by atoms with Gasteiger partial charge in [0.05, 0.1) is 0 Å². The number of anilines is 2. The van der Waals surface area contributed by atoms with Crippen molar-refractivity contribution in [2.24, 2.45) is 5.92 Å². The molecule has 0 fully saturated rings. The Morgan fingerprint density at radius 1 is 0.567 bits per heavy atom. The Kier molecular flexibility index (Phi) is 34.3. The molecule has 67 heavy (non-hydrogen) atoms. The van der Waals surface area contributed by atoms with Gasteiger partial charge in [0.1, 0.15) is 11.6 Å². The van der Waals surface area contributed by atoms with E-state index in [1.54, 1.807) is 36.3 Å². The largest absolute Gasteiger partial charge is 0.300 e. The van der Waals surface area contributed by atoms with Gasteiger partial charge in [-0.05, 0) is 84.6 Å². The van der Waals surface area contributed by atoms with E-state index in [2.05, 4.69) is 127 Å². The van der Waals surface area contributed by atoms with Crippen LogP contribution in [0.4, 0.5) is 11.6 Å². The number of amides is 2. The van der Waals surface area contributed by atoms with E-state index in [0.29, 0.717) is 18.1 Å². The fourth-order valence-corrected chi connectivity index (χ4v) is 7.66. The van der Waals surface area contributed by atoms with Crippen molar-refractivity contribution in [3.05, 3.63) is 200 Å². The normalized spacial score (nSPS) is 10.4. The topological polar surface area (TPSA) is 66.4 Å². The van der Waals surface area contributed by atoms with Crippen LogP contribution < -0.4 is 20.4 Å². The number of aromatic nitrogens is 2. The third-order valence-electron chi connectivity index (χ3n) is 10.7. The minimum absolute atomic E-state index is 0. The van der Waals surface area contributed by atoms with Crippen LogP contribution in [-0.2, 0) is 9.59 Å². The molecule has 6 aromatic carbocycles. The van der Waals surface area contributed by atoms with Crippen LogP contribution in [0.2, 0.25) is 0 Å². The summed E-state index contributed by atoms with van der Waals surface area (Å²) in [6, 6.07) is 57.2. The second kappa shape index (κ2) is 34.9. The Morgan fingerprint density at radius 3 is 1.37 bits per heavy atom. The van der Waals surface area contributed by atoms with Gasteiger partial charge >= 0.3 is 0 Å². The van der Waals surface area contributed by atoms with E-state index in [0.717, 1.165) is 0 Å². The number of hydrogen-bond acceptors (Lipinski definition) is 4. The number of carbonyl (C=O) groups is 2. The Balaban J connectivity index is 0.000000895. The molecule has 6 nitrogen and oxygen atoms in total. The standard InChI is InChI=1S/C20H16P2.C17H20N2O.C9H12N2O.C8H8.CH4.4Ar/c21-17-11-9-13-5-1-3-7-15(13)19(17)20-16-8-4-2-6-14(16)10-12-18(20)22;1-13(15-9-5-4-6-10-15)14(2)17(20)19(3)16-11-7-8-12-18-16;1-3-9(12)11(2)8-6-4-5-7-10-8;1-2-8-6-4-3-5-7-8;;;;;/h1-12H,21-22H2;4-14H,1-3H3;4-7H,3H2,1-2H3;2-7H,1H2;1H4;;;;/t;13-,14-;;;;;;;/m.0......./s1. The second-order valence-corrected chi connectivity index (χ2v) is 15.9. The van der Waals surface area contributed by atoms with Crippen molar-refractivity contribution in [1.82, 2.24) is 9.97 Å². The maximum absolute atomic E-state index is 12.5. The third-order valence-corrected chi connectivity index (χ3v) is 11.6. The van der Waals surface area contributed by atoms with Gasteiger partial charge in [-0.2, -0.15) is 0 Å². The van der Waals surface area contributed by atoms with Gasteiger partial charge in [0.15, 0.2) is 0 Å². The molecular weight excluding hydrogens is 970 g/mol. The minimum Gasteiger partial charge on any atom is -0.300 e.